The van der Waals surface area contributed by atoms with E-state index < -0.39 is 6.10 Å². The van der Waals surface area contributed by atoms with Gasteiger partial charge in [0.2, 0.25) is 0 Å². The van der Waals surface area contributed by atoms with Crippen LogP contribution in [0.3, 0.4) is 0 Å². The van der Waals surface area contributed by atoms with Crippen molar-refractivity contribution in [2.24, 2.45) is 4.99 Å². The zero-order chi connectivity index (χ0) is 19.6. The predicted molar refractivity (Wildman–Crippen MR) is 113 cm³/mol. The lowest BCUT2D eigenvalue weighted by Crippen LogP contribution is -2.42. The van der Waals surface area contributed by atoms with Crippen LogP contribution in [0.25, 0.3) is 0 Å². The Morgan fingerprint density at radius 2 is 2.11 bits per heavy atom. The van der Waals surface area contributed by atoms with Crippen molar-refractivity contribution in [1.82, 2.24) is 10.6 Å². The summed E-state index contributed by atoms with van der Waals surface area (Å²) in [5.74, 6) is 3.24. The molecule has 3 atom stereocenters. The number of thioether (sulfide) groups is 1. The fourth-order valence-corrected chi connectivity index (χ4v) is 4.49. The molecule has 0 heterocycles. The normalized spacial score (nSPS) is 21.0. The Balaban J connectivity index is 2.01. The van der Waals surface area contributed by atoms with E-state index in [1.54, 1.807) is 26.4 Å². The molecule has 1 aliphatic rings. The molecule has 0 saturated heterocycles. The van der Waals surface area contributed by atoms with Crippen molar-refractivity contribution in [3.63, 3.8) is 0 Å². The van der Waals surface area contributed by atoms with Gasteiger partial charge in [0.25, 0.3) is 0 Å². The summed E-state index contributed by atoms with van der Waals surface area (Å²) < 4.78 is 10.6. The Kier molecular flexibility index (Phi) is 9.07. The molecule has 27 heavy (non-hydrogen) atoms. The van der Waals surface area contributed by atoms with Crippen molar-refractivity contribution in [2.75, 3.05) is 33.1 Å². The smallest absolute Gasteiger partial charge is 0.191 e. The first-order valence-electron chi connectivity index (χ1n) is 9.67. The summed E-state index contributed by atoms with van der Waals surface area (Å²) >= 11 is 2.04. The van der Waals surface area contributed by atoms with Crippen molar-refractivity contribution in [2.45, 2.75) is 50.5 Å². The number of nitrogens with zero attached hydrogens (tertiary/aromatic N) is 1. The van der Waals surface area contributed by atoms with Crippen LogP contribution in [0, 0.1) is 0 Å². The zero-order valence-corrected chi connectivity index (χ0v) is 17.6. The zero-order valence-electron chi connectivity index (χ0n) is 16.8. The highest BCUT2D eigenvalue weighted by molar-refractivity contribution is 7.99. The monoisotopic (exact) mass is 395 g/mol. The van der Waals surface area contributed by atoms with Gasteiger partial charge < -0.3 is 25.2 Å². The fraction of sp³-hybridized carbons (Fsp3) is 0.650. The Hall–Kier alpha value is -1.60. The van der Waals surface area contributed by atoms with Gasteiger partial charge in [0.15, 0.2) is 5.96 Å². The van der Waals surface area contributed by atoms with Gasteiger partial charge in [0.05, 0.1) is 20.8 Å². The molecule has 1 aliphatic carbocycles. The Labute approximate surface area is 167 Å². The van der Waals surface area contributed by atoms with E-state index in [1.165, 1.54) is 12.2 Å². The summed E-state index contributed by atoms with van der Waals surface area (Å²) in [7, 11) is 3.20. The van der Waals surface area contributed by atoms with Gasteiger partial charge in [-0.15, -0.1) is 0 Å². The Morgan fingerprint density at radius 1 is 1.30 bits per heavy atom. The molecule has 3 unspecified atom stereocenters. The number of hydrogen-bond acceptors (Lipinski definition) is 5. The van der Waals surface area contributed by atoms with Gasteiger partial charge in [-0.05, 0) is 50.1 Å². The molecule has 0 bridgehead atoms. The molecular formula is C20H33N3O3S. The topological polar surface area (TPSA) is 75.1 Å². The van der Waals surface area contributed by atoms with Crippen LogP contribution in [0.15, 0.2) is 23.2 Å². The van der Waals surface area contributed by atoms with Gasteiger partial charge in [0, 0.05) is 23.4 Å². The number of hydrogen-bond donors (Lipinski definition) is 3. The van der Waals surface area contributed by atoms with Gasteiger partial charge in [-0.3, -0.25) is 4.99 Å². The van der Waals surface area contributed by atoms with E-state index in [-0.39, 0.29) is 6.54 Å². The molecule has 152 valence electrons. The molecule has 0 aromatic heterocycles. The standard InChI is InChI=1S/C20H33N3O3S/c1-5-21-20(23-14-7-9-16(11-14)27-6-2)22-13-18(24)17-12-15(25-3)8-10-19(17)26-4/h8,10,12,14,16,18,24H,5-7,9,11,13H2,1-4H3,(H2,21,22,23). The first kappa shape index (κ1) is 21.7. The molecule has 0 amide bonds. The largest absolute Gasteiger partial charge is 0.497 e. The first-order chi connectivity index (χ1) is 13.1. The number of benzene rings is 1. The maximum Gasteiger partial charge on any atom is 0.191 e. The molecule has 0 spiro atoms. The highest BCUT2D eigenvalue weighted by atomic mass is 32.2. The van der Waals surface area contributed by atoms with Crippen molar-refractivity contribution < 1.29 is 14.6 Å². The molecule has 1 saturated carbocycles. The van der Waals surface area contributed by atoms with Crippen molar-refractivity contribution >= 4 is 17.7 Å². The molecule has 7 heteroatoms. The molecule has 1 aromatic rings. The third-order valence-electron chi connectivity index (χ3n) is 4.69. The minimum Gasteiger partial charge on any atom is -0.497 e. The van der Waals surface area contributed by atoms with Crippen LogP contribution in [0.2, 0.25) is 0 Å². The van der Waals surface area contributed by atoms with Crippen LogP contribution >= 0.6 is 11.8 Å². The van der Waals surface area contributed by atoms with E-state index in [0.717, 1.165) is 30.6 Å². The maximum atomic E-state index is 10.6. The third kappa shape index (κ3) is 6.50. The van der Waals surface area contributed by atoms with E-state index in [4.69, 9.17) is 9.47 Å². The van der Waals surface area contributed by atoms with Gasteiger partial charge in [-0.1, -0.05) is 6.92 Å². The van der Waals surface area contributed by atoms with Gasteiger partial charge in [0.1, 0.15) is 17.6 Å². The molecule has 6 nitrogen and oxygen atoms in total. The summed E-state index contributed by atoms with van der Waals surface area (Å²) in [4.78, 5) is 4.60. The van der Waals surface area contributed by atoms with Gasteiger partial charge >= 0.3 is 0 Å². The first-order valence-corrected chi connectivity index (χ1v) is 10.7. The second-order valence-electron chi connectivity index (χ2n) is 6.57. The highest BCUT2D eigenvalue weighted by Gasteiger charge is 2.25. The summed E-state index contributed by atoms with van der Waals surface area (Å²) in [5.41, 5.74) is 0.678. The number of methoxy groups -OCH3 is 2. The highest BCUT2D eigenvalue weighted by Crippen LogP contribution is 2.30. The lowest BCUT2D eigenvalue weighted by Gasteiger charge is -2.19. The van der Waals surface area contributed by atoms with E-state index in [2.05, 4.69) is 22.5 Å². The molecule has 3 N–H and O–H groups in total. The van der Waals surface area contributed by atoms with Crippen LogP contribution in [0.4, 0.5) is 0 Å². The summed E-state index contributed by atoms with van der Waals surface area (Å²) in [6.07, 6.45) is 2.81. The lowest BCUT2D eigenvalue weighted by atomic mass is 10.1. The van der Waals surface area contributed by atoms with Crippen molar-refractivity contribution in [1.29, 1.82) is 0 Å². The molecule has 1 aromatic carbocycles. The number of ether oxygens (including phenoxy) is 2. The molecule has 0 aliphatic heterocycles. The summed E-state index contributed by atoms with van der Waals surface area (Å²) in [5, 5.41) is 18.2. The second-order valence-corrected chi connectivity index (χ2v) is 8.15. The van der Waals surface area contributed by atoms with Crippen molar-refractivity contribution in [3.05, 3.63) is 23.8 Å². The van der Waals surface area contributed by atoms with Crippen molar-refractivity contribution in [3.8, 4) is 11.5 Å². The van der Waals surface area contributed by atoms with Crippen LogP contribution in [0.1, 0.15) is 44.8 Å². The van der Waals surface area contributed by atoms with Crippen LogP contribution in [0.5, 0.6) is 11.5 Å². The summed E-state index contributed by atoms with van der Waals surface area (Å²) in [6, 6.07) is 5.85. The summed E-state index contributed by atoms with van der Waals surface area (Å²) in [6.45, 7) is 5.29. The number of guanidine groups is 1. The van der Waals surface area contributed by atoms with E-state index >= 15 is 0 Å². The molecular weight excluding hydrogens is 362 g/mol. The number of rotatable bonds is 9. The van der Waals surface area contributed by atoms with Gasteiger partial charge in [-0.2, -0.15) is 11.8 Å². The van der Waals surface area contributed by atoms with Gasteiger partial charge in [-0.25, -0.2) is 0 Å². The average molecular weight is 396 g/mol. The second kappa shape index (κ2) is 11.3. The molecule has 2 rings (SSSR count). The average Bonchev–Trinajstić information content (AvgIpc) is 3.12. The third-order valence-corrected chi connectivity index (χ3v) is 5.92. The predicted octanol–water partition coefficient (Wildman–Crippen LogP) is 2.97. The molecule has 1 fully saturated rings. The number of nitrogens with one attached hydrogen (secondary N) is 2. The van der Waals surface area contributed by atoms with Crippen LogP contribution in [-0.2, 0) is 0 Å². The molecule has 0 radical (unpaired) electrons. The number of aliphatic hydroxyl groups is 1. The lowest BCUT2D eigenvalue weighted by molar-refractivity contribution is 0.182. The fourth-order valence-electron chi connectivity index (χ4n) is 3.35. The number of aliphatic imine (C=N–C) groups is 1. The number of aliphatic hydroxyl groups excluding tert-OH is 1. The Morgan fingerprint density at radius 3 is 2.78 bits per heavy atom. The van der Waals surface area contributed by atoms with E-state index in [1.807, 2.05) is 24.8 Å². The van der Waals surface area contributed by atoms with E-state index in [0.29, 0.717) is 23.1 Å². The van der Waals surface area contributed by atoms with Crippen LogP contribution < -0.4 is 20.1 Å². The minimum atomic E-state index is -0.766. The Bertz CT molecular complexity index is 612. The van der Waals surface area contributed by atoms with Crippen LogP contribution in [-0.4, -0.2) is 55.4 Å². The quantitative estimate of drug-likeness (QED) is 0.441. The maximum absolute atomic E-state index is 10.6. The minimum absolute atomic E-state index is 0.249. The SMILES string of the molecule is CCNC(=NCC(O)c1cc(OC)ccc1OC)NC1CCC(SCC)C1. The van der Waals surface area contributed by atoms with E-state index in [9.17, 15) is 5.11 Å².